The highest BCUT2D eigenvalue weighted by molar-refractivity contribution is 7.99. The molecule has 2 saturated heterocycles. The zero-order valence-corrected chi connectivity index (χ0v) is 19.7. The van der Waals surface area contributed by atoms with E-state index in [0.717, 1.165) is 19.4 Å². The predicted octanol–water partition coefficient (Wildman–Crippen LogP) is 1.25. The van der Waals surface area contributed by atoms with Gasteiger partial charge in [0.25, 0.3) is 0 Å². The van der Waals surface area contributed by atoms with E-state index < -0.39 is 41.3 Å². The van der Waals surface area contributed by atoms with Gasteiger partial charge in [0.15, 0.2) is 0 Å². The average Bonchev–Trinajstić information content (AvgIpc) is 3.14. The molecule has 2 rings (SSSR count). The summed E-state index contributed by atoms with van der Waals surface area (Å²) in [4.78, 5) is 12.8. The van der Waals surface area contributed by atoms with Crippen molar-refractivity contribution in [1.29, 1.82) is 0 Å². The van der Waals surface area contributed by atoms with Crippen molar-refractivity contribution in [3.8, 4) is 0 Å². The van der Waals surface area contributed by atoms with Gasteiger partial charge in [0.1, 0.15) is 29.9 Å². The van der Waals surface area contributed by atoms with Gasteiger partial charge >= 0.3 is 0 Å². The zero-order valence-electron chi connectivity index (χ0n) is 17.3. The van der Waals surface area contributed by atoms with Crippen LogP contribution >= 0.6 is 35.8 Å². The van der Waals surface area contributed by atoms with Crippen molar-refractivity contribution in [1.82, 2.24) is 10.6 Å². The first-order valence-corrected chi connectivity index (χ1v) is 11.9. The summed E-state index contributed by atoms with van der Waals surface area (Å²) in [7, 11) is 0. The summed E-state index contributed by atoms with van der Waals surface area (Å²) in [6, 6.07) is -0.987. The third kappa shape index (κ3) is 7.10. The van der Waals surface area contributed by atoms with Crippen LogP contribution in [0.2, 0.25) is 0 Å². The lowest BCUT2D eigenvalue weighted by molar-refractivity contribution is -0.205. The summed E-state index contributed by atoms with van der Waals surface area (Å²) in [5.74, 6) is 0.316. The fraction of sp³-hybridized carbons (Fsp3) is 0.947. The molecule has 172 valence electrons. The predicted molar refractivity (Wildman–Crippen MR) is 119 cm³/mol. The van der Waals surface area contributed by atoms with E-state index in [0.29, 0.717) is 5.92 Å². The molecule has 2 aliphatic rings. The van der Waals surface area contributed by atoms with Gasteiger partial charge in [-0.1, -0.05) is 26.2 Å². The lowest BCUT2D eigenvalue weighted by Crippen LogP contribution is -2.65. The van der Waals surface area contributed by atoms with Crippen LogP contribution < -0.4 is 10.6 Å². The summed E-state index contributed by atoms with van der Waals surface area (Å²) in [6.07, 6.45) is 2.39. The number of hydrogen-bond acceptors (Lipinski definition) is 7. The number of alkyl halides is 1. The monoisotopic (exact) mass is 474 g/mol. The zero-order chi connectivity index (χ0) is 20.8. The number of unbranched alkanes of at least 4 members (excludes halogenated alkanes) is 2. The highest BCUT2D eigenvalue weighted by Gasteiger charge is 2.48. The van der Waals surface area contributed by atoms with Crippen LogP contribution in [0.4, 0.5) is 0 Å². The van der Waals surface area contributed by atoms with Crippen molar-refractivity contribution in [2.75, 3.05) is 12.8 Å². The Hall–Kier alpha value is 0.200. The van der Waals surface area contributed by atoms with E-state index in [-0.39, 0.29) is 24.4 Å². The van der Waals surface area contributed by atoms with Gasteiger partial charge in [0, 0.05) is 0 Å². The number of thioether (sulfide) groups is 1. The van der Waals surface area contributed by atoms with E-state index >= 15 is 0 Å². The molecule has 0 aromatic heterocycles. The van der Waals surface area contributed by atoms with E-state index in [1.165, 1.54) is 31.0 Å². The van der Waals surface area contributed by atoms with Crippen molar-refractivity contribution in [3.63, 3.8) is 0 Å². The minimum atomic E-state index is -1.36. The summed E-state index contributed by atoms with van der Waals surface area (Å²) in [6.45, 7) is 4.71. The van der Waals surface area contributed by atoms with Gasteiger partial charge in [-0.3, -0.25) is 4.79 Å². The molecule has 7 nitrogen and oxygen atoms in total. The van der Waals surface area contributed by atoms with Gasteiger partial charge in [-0.2, -0.15) is 0 Å². The van der Waals surface area contributed by atoms with Gasteiger partial charge < -0.3 is 30.7 Å². The van der Waals surface area contributed by atoms with E-state index in [1.54, 1.807) is 13.2 Å². The molecule has 2 heterocycles. The van der Waals surface area contributed by atoms with Crippen molar-refractivity contribution in [2.45, 2.75) is 93.3 Å². The molecule has 0 bridgehead atoms. The van der Waals surface area contributed by atoms with Crippen LogP contribution in [0.5, 0.6) is 0 Å². The van der Waals surface area contributed by atoms with Gasteiger partial charge in [0.05, 0.1) is 17.5 Å². The third-order valence-electron chi connectivity index (χ3n) is 5.75. The minimum Gasteiger partial charge on any atom is -0.388 e. The molecule has 0 radical (unpaired) electrons. The molecule has 0 aromatic rings. The van der Waals surface area contributed by atoms with Crippen molar-refractivity contribution in [2.24, 2.45) is 5.92 Å². The fourth-order valence-corrected chi connectivity index (χ4v) is 4.89. The number of ether oxygens (including phenoxy) is 1. The fourth-order valence-electron chi connectivity index (χ4n) is 4.00. The first kappa shape index (κ1) is 27.2. The normalized spacial score (nSPS) is 36.9. The van der Waals surface area contributed by atoms with Crippen LogP contribution in [0, 0.1) is 5.92 Å². The maximum absolute atomic E-state index is 12.8. The number of carbonyl (C=O) groups is 1. The van der Waals surface area contributed by atoms with E-state index in [2.05, 4.69) is 17.6 Å². The molecule has 0 saturated carbocycles. The SMILES string of the molecule is CCCCC[C@@H]1CN[C@H](C(=O)N[C@@H]([C@H]2O[C@H](SC)[C@H](O)[C@@H](O)[C@H]2O)[C@H](C)Cl)C1.Cl. The maximum Gasteiger partial charge on any atom is 0.237 e. The molecule has 1 amide bonds. The first-order valence-electron chi connectivity index (χ1n) is 10.2. The van der Waals surface area contributed by atoms with E-state index in [1.807, 2.05) is 0 Å². The molecule has 2 aliphatic heterocycles. The number of rotatable bonds is 9. The molecule has 0 aliphatic carbocycles. The van der Waals surface area contributed by atoms with Gasteiger partial charge in [-0.25, -0.2) is 0 Å². The number of carbonyl (C=O) groups excluding carboxylic acids is 1. The molecule has 0 unspecified atom stereocenters. The second-order valence-electron chi connectivity index (χ2n) is 7.95. The molecule has 0 spiro atoms. The number of halogens is 2. The number of aliphatic hydroxyl groups excluding tert-OH is 3. The van der Waals surface area contributed by atoms with Crippen LogP contribution in [0.3, 0.4) is 0 Å². The van der Waals surface area contributed by atoms with Crippen LogP contribution in [0.1, 0.15) is 46.0 Å². The van der Waals surface area contributed by atoms with Crippen LogP contribution in [-0.2, 0) is 9.53 Å². The van der Waals surface area contributed by atoms with Crippen LogP contribution in [0.25, 0.3) is 0 Å². The van der Waals surface area contributed by atoms with Crippen molar-refractivity contribution >= 4 is 41.7 Å². The van der Waals surface area contributed by atoms with E-state index in [4.69, 9.17) is 16.3 Å². The summed E-state index contributed by atoms with van der Waals surface area (Å²) in [5.41, 5.74) is -0.703. The van der Waals surface area contributed by atoms with Gasteiger partial charge in [0.2, 0.25) is 5.91 Å². The van der Waals surface area contributed by atoms with E-state index in [9.17, 15) is 20.1 Å². The summed E-state index contributed by atoms with van der Waals surface area (Å²) >= 11 is 7.54. The van der Waals surface area contributed by atoms with Crippen molar-refractivity contribution < 1.29 is 24.9 Å². The first-order chi connectivity index (χ1) is 13.3. The molecule has 29 heavy (non-hydrogen) atoms. The second-order valence-corrected chi connectivity index (χ2v) is 9.57. The quantitative estimate of drug-likeness (QED) is 0.252. The lowest BCUT2D eigenvalue weighted by Gasteiger charge is -2.44. The second kappa shape index (κ2) is 12.9. The van der Waals surface area contributed by atoms with Crippen LogP contribution in [-0.4, -0.2) is 81.3 Å². The molecular formula is C19H36Cl2N2O5S. The molecule has 2 fully saturated rings. The molecule has 5 N–H and O–H groups in total. The molecule has 10 heteroatoms. The Morgan fingerprint density at radius 3 is 2.55 bits per heavy atom. The summed E-state index contributed by atoms with van der Waals surface area (Å²) < 4.78 is 5.79. The highest BCUT2D eigenvalue weighted by Crippen LogP contribution is 2.30. The Labute approximate surface area is 189 Å². The third-order valence-corrected chi connectivity index (χ3v) is 6.88. The van der Waals surface area contributed by atoms with Gasteiger partial charge in [-0.15, -0.1) is 35.8 Å². The Kier molecular flexibility index (Phi) is 12.1. The lowest BCUT2D eigenvalue weighted by atomic mass is 9.92. The molecule has 0 aromatic carbocycles. The summed E-state index contributed by atoms with van der Waals surface area (Å²) in [5, 5.41) is 36.3. The Bertz CT molecular complexity index is 503. The number of amides is 1. The van der Waals surface area contributed by atoms with Gasteiger partial charge in [-0.05, 0) is 38.5 Å². The van der Waals surface area contributed by atoms with Crippen molar-refractivity contribution in [3.05, 3.63) is 0 Å². The topological polar surface area (TPSA) is 111 Å². The molecule has 9 atom stereocenters. The smallest absolute Gasteiger partial charge is 0.237 e. The van der Waals surface area contributed by atoms with Crippen LogP contribution in [0.15, 0.2) is 0 Å². The number of hydrogen-bond donors (Lipinski definition) is 5. The highest BCUT2D eigenvalue weighted by atomic mass is 35.5. The largest absolute Gasteiger partial charge is 0.388 e. The maximum atomic E-state index is 12.8. The molecular weight excluding hydrogens is 439 g/mol. The Morgan fingerprint density at radius 2 is 1.97 bits per heavy atom. The minimum absolute atomic E-state index is 0. The average molecular weight is 475 g/mol. The number of nitrogens with one attached hydrogen (secondary N) is 2. The number of aliphatic hydroxyl groups is 3. The Morgan fingerprint density at radius 1 is 1.28 bits per heavy atom. The standard InChI is InChI=1S/C19H35ClN2O5S.ClH/c1-4-5-6-7-11-8-12(21-9-11)18(26)22-13(10(2)20)17-15(24)14(23)16(25)19(27-17)28-3;/h10-17,19,21,23-25H,4-9H2,1-3H3,(H,22,26);1H/t10-,11-,12-,13+,14-,15+,16+,17+,19+;/m0./s1. The Balaban J connectivity index is 0.00000420.